The molecule has 0 saturated heterocycles. The molecule has 0 N–H and O–H groups in total. The lowest BCUT2D eigenvalue weighted by Gasteiger charge is -2.32. The minimum atomic E-state index is -0.710. The van der Waals surface area contributed by atoms with E-state index in [4.69, 9.17) is 23.9 Å². The topological polar surface area (TPSA) is 100 Å². The second-order valence-electron chi connectivity index (χ2n) is 7.65. The van der Waals surface area contributed by atoms with Gasteiger partial charge >= 0.3 is 5.97 Å². The first-order valence-corrected chi connectivity index (χ1v) is 12.2. The Morgan fingerprint density at radius 3 is 2.74 bits per heavy atom. The molecule has 10 heteroatoms. The zero-order valence-corrected chi connectivity index (χ0v) is 20.5. The molecule has 0 radical (unpaired) electrons. The second-order valence-corrected chi connectivity index (χ2v) is 8.51. The van der Waals surface area contributed by atoms with Gasteiger partial charge in [0.25, 0.3) is 5.91 Å². The summed E-state index contributed by atoms with van der Waals surface area (Å²) in [6, 6.07) is 11.2. The highest BCUT2D eigenvalue weighted by atomic mass is 32.1. The van der Waals surface area contributed by atoms with Crippen molar-refractivity contribution < 1.29 is 28.5 Å². The van der Waals surface area contributed by atoms with Crippen molar-refractivity contribution >= 4 is 28.9 Å². The van der Waals surface area contributed by atoms with Gasteiger partial charge in [-0.2, -0.15) is 0 Å². The fourth-order valence-electron chi connectivity index (χ4n) is 3.50. The van der Waals surface area contributed by atoms with Crippen molar-refractivity contribution in [2.75, 3.05) is 44.5 Å². The van der Waals surface area contributed by atoms with Gasteiger partial charge in [0.15, 0.2) is 6.10 Å². The van der Waals surface area contributed by atoms with Crippen molar-refractivity contribution in [1.82, 2.24) is 9.97 Å². The smallest absolute Gasteiger partial charge is 0.326 e. The number of rotatable bonds is 11. The quantitative estimate of drug-likeness (QED) is 0.293. The third-order valence-corrected chi connectivity index (χ3v) is 6.07. The molecule has 0 bridgehead atoms. The lowest BCUT2D eigenvalue weighted by atomic mass is 10.1. The molecule has 0 spiro atoms. The first kappa shape index (κ1) is 24.8. The molecule has 1 unspecified atom stereocenters. The highest BCUT2D eigenvalue weighted by Gasteiger charge is 2.33. The summed E-state index contributed by atoms with van der Waals surface area (Å²) in [6.07, 6.45) is 1.02. The summed E-state index contributed by atoms with van der Waals surface area (Å²) in [5, 5.41) is 2.73. The summed E-state index contributed by atoms with van der Waals surface area (Å²) in [5.41, 5.74) is 2.84. The van der Waals surface area contributed by atoms with Gasteiger partial charge in [-0.3, -0.25) is 19.5 Å². The molecule has 0 fully saturated rings. The van der Waals surface area contributed by atoms with Gasteiger partial charge in [-0.1, -0.05) is 6.07 Å². The zero-order valence-electron chi connectivity index (χ0n) is 19.6. The number of fused-ring (bicyclic) bond motifs is 1. The van der Waals surface area contributed by atoms with E-state index in [1.54, 1.807) is 25.3 Å². The maximum absolute atomic E-state index is 12.9. The van der Waals surface area contributed by atoms with Crippen molar-refractivity contribution in [2.45, 2.75) is 20.0 Å². The molecule has 1 amide bonds. The molecule has 1 atom stereocenters. The molecule has 9 nitrogen and oxygen atoms in total. The minimum Gasteiger partial charge on any atom is -0.479 e. The Morgan fingerprint density at radius 2 is 1.94 bits per heavy atom. The second kappa shape index (κ2) is 11.9. The van der Waals surface area contributed by atoms with Crippen molar-refractivity contribution in [2.24, 2.45) is 0 Å². The molecule has 4 rings (SSSR count). The largest absolute Gasteiger partial charge is 0.479 e. The molecule has 35 heavy (non-hydrogen) atoms. The maximum atomic E-state index is 12.9. The number of carbonyl (C=O) groups is 2. The number of nitrogens with zero attached hydrogens (tertiary/aromatic N) is 3. The Balaban J connectivity index is 1.45. The number of ether oxygens (including phenoxy) is 4. The van der Waals surface area contributed by atoms with E-state index in [0.29, 0.717) is 31.3 Å². The van der Waals surface area contributed by atoms with E-state index in [1.165, 1.54) is 16.2 Å². The molecule has 0 saturated carbocycles. The minimum absolute atomic E-state index is 0.0983. The van der Waals surface area contributed by atoms with Crippen LogP contribution in [-0.2, 0) is 23.8 Å². The number of pyridine rings is 1. The molecule has 1 aliphatic rings. The summed E-state index contributed by atoms with van der Waals surface area (Å²) in [6.45, 7) is 5.25. The fraction of sp³-hybridized carbons (Fsp3) is 0.360. The number of hydrogen-bond donors (Lipinski definition) is 0. The maximum Gasteiger partial charge on any atom is 0.326 e. The lowest BCUT2D eigenvalue weighted by molar-refractivity contribution is -0.145. The van der Waals surface area contributed by atoms with E-state index >= 15 is 0 Å². The highest BCUT2D eigenvalue weighted by Crippen LogP contribution is 2.38. The third kappa shape index (κ3) is 6.21. The van der Waals surface area contributed by atoms with Gasteiger partial charge in [-0.15, -0.1) is 11.3 Å². The predicted molar refractivity (Wildman–Crippen MR) is 131 cm³/mol. The lowest BCUT2D eigenvalue weighted by Crippen LogP contribution is -2.47. The van der Waals surface area contributed by atoms with Crippen LogP contribution >= 0.6 is 11.3 Å². The molecule has 0 aliphatic carbocycles. The van der Waals surface area contributed by atoms with Crippen LogP contribution in [0, 0.1) is 0 Å². The monoisotopic (exact) mass is 497 g/mol. The SMILES string of the molecule is CCOCCOCCOC(=O)CN1C(=O)C(C)Oc2ccc(-c3csc(-c4ccccn4)n3)cc21. The van der Waals surface area contributed by atoms with Crippen LogP contribution in [0.2, 0.25) is 0 Å². The van der Waals surface area contributed by atoms with Crippen LogP contribution in [0.5, 0.6) is 5.75 Å². The standard InChI is InChI=1S/C25H27N3O6S/c1-3-31-10-11-32-12-13-33-23(29)15-28-21-14-18(7-8-22(21)34-17(2)25(28)30)20-16-35-24(27-20)19-6-4-5-9-26-19/h4-9,14,16-17H,3,10-13,15H2,1-2H3. The summed E-state index contributed by atoms with van der Waals surface area (Å²) in [4.78, 5) is 35.8. The van der Waals surface area contributed by atoms with E-state index in [1.807, 2.05) is 36.6 Å². The van der Waals surface area contributed by atoms with Crippen LogP contribution in [0.15, 0.2) is 48.0 Å². The highest BCUT2D eigenvalue weighted by molar-refractivity contribution is 7.13. The fourth-order valence-corrected chi connectivity index (χ4v) is 4.30. The Bertz CT molecular complexity index is 1150. The van der Waals surface area contributed by atoms with E-state index in [9.17, 15) is 9.59 Å². The Labute approximate surface area is 207 Å². The zero-order chi connectivity index (χ0) is 24.6. The average molecular weight is 498 g/mol. The van der Waals surface area contributed by atoms with Crippen LogP contribution in [0.1, 0.15) is 13.8 Å². The van der Waals surface area contributed by atoms with Gasteiger partial charge in [0.05, 0.1) is 36.9 Å². The van der Waals surface area contributed by atoms with Gasteiger partial charge in [-0.25, -0.2) is 4.98 Å². The first-order chi connectivity index (χ1) is 17.1. The van der Waals surface area contributed by atoms with Gasteiger partial charge in [0.2, 0.25) is 0 Å². The van der Waals surface area contributed by atoms with Crippen molar-refractivity contribution in [3.05, 3.63) is 48.0 Å². The number of esters is 1. The van der Waals surface area contributed by atoms with E-state index in [2.05, 4.69) is 4.98 Å². The third-order valence-electron chi connectivity index (χ3n) is 5.21. The van der Waals surface area contributed by atoms with Gasteiger partial charge in [0, 0.05) is 23.7 Å². The first-order valence-electron chi connectivity index (χ1n) is 11.4. The molecule has 2 aromatic heterocycles. The Morgan fingerprint density at radius 1 is 1.11 bits per heavy atom. The summed E-state index contributed by atoms with van der Waals surface area (Å²) in [5.74, 6) is -0.316. The van der Waals surface area contributed by atoms with Crippen LogP contribution in [0.25, 0.3) is 22.0 Å². The molecule has 3 heterocycles. The molecule has 1 aliphatic heterocycles. The van der Waals surface area contributed by atoms with E-state index in [-0.39, 0.29) is 25.7 Å². The number of carbonyl (C=O) groups excluding carboxylic acids is 2. The van der Waals surface area contributed by atoms with Crippen LogP contribution < -0.4 is 9.64 Å². The van der Waals surface area contributed by atoms with Crippen molar-refractivity contribution in [3.63, 3.8) is 0 Å². The van der Waals surface area contributed by atoms with Crippen molar-refractivity contribution in [1.29, 1.82) is 0 Å². The molecule has 184 valence electrons. The van der Waals surface area contributed by atoms with Crippen LogP contribution in [0.3, 0.4) is 0 Å². The molecular formula is C25H27N3O6S. The Hall–Kier alpha value is -3.34. The number of anilines is 1. The average Bonchev–Trinajstić information content (AvgIpc) is 3.37. The molecule has 3 aromatic rings. The van der Waals surface area contributed by atoms with E-state index in [0.717, 1.165) is 22.0 Å². The van der Waals surface area contributed by atoms with Crippen LogP contribution in [-0.4, -0.2) is 67.5 Å². The summed E-state index contributed by atoms with van der Waals surface area (Å²) in [7, 11) is 0. The van der Waals surface area contributed by atoms with Crippen LogP contribution in [0.4, 0.5) is 5.69 Å². The number of hydrogen-bond acceptors (Lipinski definition) is 9. The summed E-state index contributed by atoms with van der Waals surface area (Å²) >= 11 is 1.49. The number of benzene rings is 1. The van der Waals surface area contributed by atoms with Gasteiger partial charge in [-0.05, 0) is 44.2 Å². The predicted octanol–water partition coefficient (Wildman–Crippen LogP) is 3.58. The normalized spacial score (nSPS) is 15.0. The van der Waals surface area contributed by atoms with Gasteiger partial charge < -0.3 is 18.9 Å². The Kier molecular flexibility index (Phi) is 8.40. The number of amides is 1. The number of thiazole rings is 1. The molecular weight excluding hydrogens is 470 g/mol. The summed E-state index contributed by atoms with van der Waals surface area (Å²) < 4.78 is 21.6. The number of aromatic nitrogens is 2. The van der Waals surface area contributed by atoms with E-state index < -0.39 is 12.1 Å². The van der Waals surface area contributed by atoms with Crippen molar-refractivity contribution in [3.8, 4) is 27.7 Å². The van der Waals surface area contributed by atoms with Gasteiger partial charge in [0.1, 0.15) is 23.9 Å². The molecule has 1 aromatic carbocycles.